The Kier molecular flexibility index (Phi) is 8.47. The molecule has 2 N–H and O–H groups in total. The molecule has 0 saturated heterocycles. The van der Waals surface area contributed by atoms with E-state index in [0.29, 0.717) is 19.6 Å². The number of nitrogens with zero attached hydrogens (tertiary/aromatic N) is 1. The highest BCUT2D eigenvalue weighted by molar-refractivity contribution is 5.98. The number of ketones is 1. The molecule has 1 amide bonds. The zero-order valence-corrected chi connectivity index (χ0v) is 18.6. The minimum atomic E-state index is 0.0547. The molecule has 1 heterocycles. The molecule has 0 aromatic heterocycles. The SMILES string of the molecule is CCOc1ccccc1NCCNCCCCC(=O)c1ccc2c(c1)CCN2C(C)=O. The molecule has 6 heteroatoms. The fourth-order valence-electron chi connectivity index (χ4n) is 3.89. The van der Waals surface area contributed by atoms with E-state index in [1.807, 2.05) is 49.4 Å². The number of unbranched alkanes of at least 4 members (excludes halogenated alkanes) is 1. The lowest BCUT2D eigenvalue weighted by molar-refractivity contribution is -0.116. The van der Waals surface area contributed by atoms with Crippen LogP contribution in [0.5, 0.6) is 5.75 Å². The number of amides is 1. The van der Waals surface area contributed by atoms with Gasteiger partial charge in [-0.05, 0) is 68.6 Å². The molecule has 0 spiro atoms. The maximum atomic E-state index is 12.5. The number of rotatable bonds is 12. The lowest BCUT2D eigenvalue weighted by Crippen LogP contribution is -2.25. The minimum absolute atomic E-state index is 0.0547. The highest BCUT2D eigenvalue weighted by Crippen LogP contribution is 2.29. The van der Waals surface area contributed by atoms with Crippen LogP contribution in [-0.4, -0.2) is 44.5 Å². The average Bonchev–Trinajstić information content (AvgIpc) is 3.20. The quantitative estimate of drug-likeness (QED) is 0.398. The van der Waals surface area contributed by atoms with Crippen molar-refractivity contribution in [1.29, 1.82) is 0 Å². The van der Waals surface area contributed by atoms with Gasteiger partial charge in [0.1, 0.15) is 5.75 Å². The van der Waals surface area contributed by atoms with E-state index < -0.39 is 0 Å². The Balaban J connectivity index is 1.31. The van der Waals surface area contributed by atoms with Crippen molar-refractivity contribution >= 4 is 23.1 Å². The van der Waals surface area contributed by atoms with Crippen molar-refractivity contribution in [3.05, 3.63) is 53.6 Å². The summed E-state index contributed by atoms with van der Waals surface area (Å²) in [7, 11) is 0. The van der Waals surface area contributed by atoms with E-state index in [4.69, 9.17) is 4.74 Å². The summed E-state index contributed by atoms with van der Waals surface area (Å²) in [6.07, 6.45) is 3.20. The smallest absolute Gasteiger partial charge is 0.223 e. The van der Waals surface area contributed by atoms with Crippen LogP contribution in [0.3, 0.4) is 0 Å². The van der Waals surface area contributed by atoms with Gasteiger partial charge in [-0.3, -0.25) is 9.59 Å². The Morgan fingerprint density at radius 1 is 1.06 bits per heavy atom. The van der Waals surface area contributed by atoms with Crippen LogP contribution in [0.2, 0.25) is 0 Å². The van der Waals surface area contributed by atoms with Crippen LogP contribution in [0, 0.1) is 0 Å². The van der Waals surface area contributed by atoms with Crippen LogP contribution in [-0.2, 0) is 11.2 Å². The van der Waals surface area contributed by atoms with E-state index in [1.165, 1.54) is 0 Å². The fraction of sp³-hybridized carbons (Fsp3) is 0.440. The van der Waals surface area contributed by atoms with Gasteiger partial charge in [-0.2, -0.15) is 0 Å². The second-order valence-electron chi connectivity index (χ2n) is 7.75. The average molecular weight is 424 g/mol. The molecule has 0 unspecified atom stereocenters. The normalized spacial score (nSPS) is 12.5. The Morgan fingerprint density at radius 2 is 1.90 bits per heavy atom. The number of para-hydroxylation sites is 2. The van der Waals surface area contributed by atoms with Gasteiger partial charge < -0.3 is 20.3 Å². The molecule has 166 valence electrons. The first-order valence-electron chi connectivity index (χ1n) is 11.2. The topological polar surface area (TPSA) is 70.7 Å². The van der Waals surface area contributed by atoms with E-state index in [9.17, 15) is 9.59 Å². The van der Waals surface area contributed by atoms with Gasteiger partial charge in [0.25, 0.3) is 0 Å². The fourth-order valence-corrected chi connectivity index (χ4v) is 3.89. The molecular weight excluding hydrogens is 390 g/mol. The van der Waals surface area contributed by atoms with Crippen LogP contribution >= 0.6 is 0 Å². The van der Waals surface area contributed by atoms with E-state index in [0.717, 1.165) is 67.1 Å². The van der Waals surface area contributed by atoms with Crippen LogP contribution in [0.25, 0.3) is 0 Å². The second kappa shape index (κ2) is 11.5. The first-order chi connectivity index (χ1) is 15.1. The number of carbonyl (C=O) groups excluding carboxylic acids is 2. The molecule has 0 saturated carbocycles. The van der Waals surface area contributed by atoms with Crippen molar-refractivity contribution < 1.29 is 14.3 Å². The minimum Gasteiger partial charge on any atom is -0.492 e. The van der Waals surface area contributed by atoms with Crippen molar-refractivity contribution in [2.75, 3.05) is 43.0 Å². The van der Waals surface area contributed by atoms with Crippen LogP contribution in [0.1, 0.15) is 49.0 Å². The Bertz CT molecular complexity index is 897. The van der Waals surface area contributed by atoms with Gasteiger partial charge in [0.05, 0.1) is 12.3 Å². The van der Waals surface area contributed by atoms with E-state index in [2.05, 4.69) is 10.6 Å². The number of hydrogen-bond donors (Lipinski definition) is 2. The first-order valence-corrected chi connectivity index (χ1v) is 11.2. The van der Waals surface area contributed by atoms with Crippen LogP contribution in [0.15, 0.2) is 42.5 Å². The largest absolute Gasteiger partial charge is 0.492 e. The zero-order valence-electron chi connectivity index (χ0n) is 18.6. The number of Topliss-reactive ketones (excluding diaryl/α,β-unsaturated/α-hetero) is 1. The summed E-state index contributed by atoms with van der Waals surface area (Å²) in [5, 5.41) is 6.81. The summed E-state index contributed by atoms with van der Waals surface area (Å²) in [5.41, 5.74) is 3.82. The van der Waals surface area contributed by atoms with Gasteiger partial charge >= 0.3 is 0 Å². The first kappa shape index (κ1) is 22.8. The summed E-state index contributed by atoms with van der Waals surface area (Å²) >= 11 is 0. The monoisotopic (exact) mass is 423 g/mol. The van der Waals surface area contributed by atoms with Crippen molar-refractivity contribution in [3.8, 4) is 5.75 Å². The standard InChI is InChI=1S/C25H33N3O3/c1-3-31-25-10-5-4-8-22(25)27-16-15-26-14-7-6-9-24(30)21-11-12-23-20(18-21)13-17-28(23)19(2)29/h4-5,8,10-12,18,26-27H,3,6-7,9,13-17H2,1-2H3. The maximum Gasteiger partial charge on any atom is 0.223 e. The number of anilines is 2. The maximum absolute atomic E-state index is 12.5. The molecule has 0 aliphatic carbocycles. The summed E-state index contributed by atoms with van der Waals surface area (Å²) < 4.78 is 5.61. The molecule has 1 aliphatic heterocycles. The molecule has 0 bridgehead atoms. The molecule has 0 fully saturated rings. The number of fused-ring (bicyclic) bond motifs is 1. The zero-order chi connectivity index (χ0) is 22.1. The van der Waals surface area contributed by atoms with Gasteiger partial charge in [0.15, 0.2) is 5.78 Å². The van der Waals surface area contributed by atoms with Gasteiger partial charge in [0.2, 0.25) is 5.91 Å². The molecule has 2 aromatic rings. The second-order valence-corrected chi connectivity index (χ2v) is 7.75. The molecule has 0 atom stereocenters. The van der Waals surface area contributed by atoms with Gasteiger partial charge in [-0.15, -0.1) is 0 Å². The van der Waals surface area contributed by atoms with Crippen molar-refractivity contribution in [2.24, 2.45) is 0 Å². The van der Waals surface area contributed by atoms with Gasteiger partial charge in [0, 0.05) is 44.2 Å². The highest BCUT2D eigenvalue weighted by atomic mass is 16.5. The van der Waals surface area contributed by atoms with Gasteiger partial charge in [-0.25, -0.2) is 0 Å². The third-order valence-electron chi connectivity index (χ3n) is 5.49. The van der Waals surface area contributed by atoms with Crippen LogP contribution < -0.4 is 20.3 Å². The summed E-state index contributed by atoms with van der Waals surface area (Å²) in [5.74, 6) is 1.11. The lowest BCUT2D eigenvalue weighted by Gasteiger charge is -2.14. The third kappa shape index (κ3) is 6.31. The highest BCUT2D eigenvalue weighted by Gasteiger charge is 2.22. The molecule has 0 radical (unpaired) electrons. The number of hydrogen-bond acceptors (Lipinski definition) is 5. The Hall–Kier alpha value is -2.86. The molecule has 6 nitrogen and oxygen atoms in total. The van der Waals surface area contributed by atoms with E-state index >= 15 is 0 Å². The van der Waals surface area contributed by atoms with Gasteiger partial charge in [-0.1, -0.05) is 12.1 Å². The Morgan fingerprint density at radius 3 is 2.71 bits per heavy atom. The van der Waals surface area contributed by atoms with Crippen molar-refractivity contribution in [2.45, 2.75) is 39.5 Å². The Labute approximate surface area is 185 Å². The number of nitrogens with one attached hydrogen (secondary N) is 2. The summed E-state index contributed by atoms with van der Waals surface area (Å²) in [4.78, 5) is 25.9. The molecule has 3 rings (SSSR count). The molecule has 31 heavy (non-hydrogen) atoms. The van der Waals surface area contributed by atoms with E-state index in [-0.39, 0.29) is 11.7 Å². The number of carbonyl (C=O) groups is 2. The lowest BCUT2D eigenvalue weighted by atomic mass is 10.0. The van der Waals surface area contributed by atoms with Crippen molar-refractivity contribution in [3.63, 3.8) is 0 Å². The predicted molar refractivity (Wildman–Crippen MR) is 125 cm³/mol. The number of ether oxygens (including phenoxy) is 1. The molecular formula is C25H33N3O3. The van der Waals surface area contributed by atoms with Crippen molar-refractivity contribution in [1.82, 2.24) is 5.32 Å². The molecule has 2 aromatic carbocycles. The summed E-state index contributed by atoms with van der Waals surface area (Å²) in [6, 6.07) is 13.7. The van der Waals surface area contributed by atoms with Crippen LogP contribution in [0.4, 0.5) is 11.4 Å². The number of benzene rings is 2. The third-order valence-corrected chi connectivity index (χ3v) is 5.49. The summed E-state index contributed by atoms with van der Waals surface area (Å²) in [6.45, 7) is 7.48. The predicted octanol–water partition coefficient (Wildman–Crippen LogP) is 4.05. The molecule has 1 aliphatic rings. The van der Waals surface area contributed by atoms with E-state index in [1.54, 1.807) is 11.8 Å².